The summed E-state index contributed by atoms with van der Waals surface area (Å²) in [5.41, 5.74) is 9.86. The summed E-state index contributed by atoms with van der Waals surface area (Å²) in [6.45, 7) is 7.66. The Labute approximate surface area is 264 Å². The number of hydrogen-bond acceptors (Lipinski definition) is 7. The molecular formula is C33H43ClN6O4. The van der Waals surface area contributed by atoms with Crippen LogP contribution in [0.4, 0.5) is 16.2 Å². The van der Waals surface area contributed by atoms with Crippen LogP contribution in [0.1, 0.15) is 48.8 Å². The molecule has 0 unspecified atom stereocenters. The summed E-state index contributed by atoms with van der Waals surface area (Å²) < 4.78 is 6.05. The van der Waals surface area contributed by atoms with Gasteiger partial charge in [0.05, 0.1) is 10.7 Å². The lowest BCUT2D eigenvalue weighted by Gasteiger charge is -2.44. The van der Waals surface area contributed by atoms with E-state index in [0.717, 1.165) is 61.4 Å². The molecule has 6 rings (SSSR count). The molecule has 0 bridgehead atoms. The molecule has 2 aromatic rings. The number of nitrogens with two attached hydrogens (primary N) is 1. The second-order valence-electron chi connectivity index (χ2n) is 12.8. The predicted molar refractivity (Wildman–Crippen MR) is 171 cm³/mol. The number of hydrogen-bond donors (Lipinski definition) is 3. The molecule has 44 heavy (non-hydrogen) atoms. The van der Waals surface area contributed by atoms with E-state index in [2.05, 4.69) is 21.6 Å². The SMILES string of the molecule is Cc1cc(C[C@@H](OC(=O)N2CCC3(CC2)CC(=O)Nc2ccccc23)C(=O)N2CCN(C3CCNCC3)CC2)cc(Cl)c1N. The fourth-order valence-electron chi connectivity index (χ4n) is 7.43. The highest BCUT2D eigenvalue weighted by Crippen LogP contribution is 2.45. The van der Waals surface area contributed by atoms with Crippen LogP contribution in [0.3, 0.4) is 0 Å². The number of carbonyl (C=O) groups is 3. The number of ether oxygens (including phenoxy) is 1. The van der Waals surface area contributed by atoms with Crippen molar-refractivity contribution in [1.82, 2.24) is 20.0 Å². The van der Waals surface area contributed by atoms with Crippen molar-refractivity contribution in [3.05, 3.63) is 58.1 Å². The third-order valence-corrected chi connectivity index (χ3v) is 10.3. The van der Waals surface area contributed by atoms with E-state index in [1.54, 1.807) is 11.0 Å². The molecule has 0 aromatic heterocycles. The molecule has 3 fully saturated rings. The van der Waals surface area contributed by atoms with Gasteiger partial charge in [-0.3, -0.25) is 14.5 Å². The summed E-state index contributed by atoms with van der Waals surface area (Å²) >= 11 is 6.39. The van der Waals surface area contributed by atoms with E-state index < -0.39 is 12.2 Å². The Morgan fingerprint density at radius 2 is 1.75 bits per heavy atom. The van der Waals surface area contributed by atoms with Crippen LogP contribution < -0.4 is 16.4 Å². The summed E-state index contributed by atoms with van der Waals surface area (Å²) in [5.74, 6) is -0.177. The van der Waals surface area contributed by atoms with Gasteiger partial charge in [0.1, 0.15) is 0 Å². The topological polar surface area (TPSA) is 120 Å². The second kappa shape index (κ2) is 12.9. The van der Waals surface area contributed by atoms with Crippen molar-refractivity contribution in [2.45, 2.75) is 63.0 Å². The van der Waals surface area contributed by atoms with Gasteiger partial charge in [-0.15, -0.1) is 0 Å². The summed E-state index contributed by atoms with van der Waals surface area (Å²) in [6.07, 6.45) is 2.67. The van der Waals surface area contributed by atoms with E-state index in [0.29, 0.717) is 62.2 Å². The van der Waals surface area contributed by atoms with E-state index in [9.17, 15) is 14.4 Å². The molecule has 236 valence electrons. The van der Waals surface area contributed by atoms with Gasteiger partial charge < -0.3 is 30.9 Å². The first kappa shape index (κ1) is 30.7. The Bertz CT molecular complexity index is 1370. The third-order valence-electron chi connectivity index (χ3n) is 10.0. The molecule has 1 atom stereocenters. The van der Waals surface area contributed by atoms with Crippen LogP contribution in [0.15, 0.2) is 36.4 Å². The molecular weight excluding hydrogens is 580 g/mol. The Hall–Kier alpha value is -3.34. The van der Waals surface area contributed by atoms with Crippen molar-refractivity contribution in [2.75, 3.05) is 63.4 Å². The molecule has 4 aliphatic heterocycles. The number of rotatable bonds is 5. The van der Waals surface area contributed by atoms with Gasteiger partial charge in [-0.1, -0.05) is 35.9 Å². The number of para-hydroxylation sites is 1. The predicted octanol–water partition coefficient (Wildman–Crippen LogP) is 3.55. The second-order valence-corrected chi connectivity index (χ2v) is 13.2. The quantitative estimate of drug-likeness (QED) is 0.436. The number of nitrogens with one attached hydrogen (secondary N) is 2. The number of likely N-dealkylation sites (tertiary alicyclic amines) is 1. The number of piperidine rings is 2. The molecule has 0 saturated carbocycles. The smallest absolute Gasteiger partial charge is 0.410 e. The number of benzene rings is 2. The third kappa shape index (κ3) is 6.39. The van der Waals surface area contributed by atoms with Crippen LogP contribution in [-0.2, 0) is 26.2 Å². The number of anilines is 2. The molecule has 11 heteroatoms. The zero-order valence-electron chi connectivity index (χ0n) is 25.4. The molecule has 2 aromatic carbocycles. The Morgan fingerprint density at radius 3 is 2.45 bits per heavy atom. The zero-order chi connectivity index (χ0) is 30.8. The average molecular weight is 623 g/mol. The van der Waals surface area contributed by atoms with Gasteiger partial charge in [-0.05, 0) is 74.5 Å². The van der Waals surface area contributed by atoms with Gasteiger partial charge in [0.25, 0.3) is 5.91 Å². The molecule has 4 N–H and O–H groups in total. The van der Waals surface area contributed by atoms with Gasteiger partial charge in [0.2, 0.25) is 5.91 Å². The van der Waals surface area contributed by atoms with Gasteiger partial charge in [-0.2, -0.15) is 0 Å². The number of amides is 3. The molecule has 4 aliphatic rings. The van der Waals surface area contributed by atoms with Crippen molar-refractivity contribution >= 4 is 40.9 Å². The van der Waals surface area contributed by atoms with Crippen LogP contribution in [0.2, 0.25) is 5.02 Å². The van der Waals surface area contributed by atoms with E-state index in [1.807, 2.05) is 36.1 Å². The minimum Gasteiger partial charge on any atom is -0.436 e. The van der Waals surface area contributed by atoms with Gasteiger partial charge in [0, 0.05) is 69.3 Å². The van der Waals surface area contributed by atoms with Crippen molar-refractivity contribution in [3.63, 3.8) is 0 Å². The first-order chi connectivity index (χ1) is 21.2. The summed E-state index contributed by atoms with van der Waals surface area (Å²) in [7, 11) is 0. The lowest BCUT2D eigenvalue weighted by atomic mass is 9.68. The van der Waals surface area contributed by atoms with Gasteiger partial charge in [-0.25, -0.2) is 4.79 Å². The Balaban J connectivity index is 1.14. The highest BCUT2D eigenvalue weighted by atomic mass is 35.5. The fourth-order valence-corrected chi connectivity index (χ4v) is 7.72. The molecule has 0 radical (unpaired) electrons. The minimum absolute atomic E-state index is 0.00286. The summed E-state index contributed by atoms with van der Waals surface area (Å²) in [5, 5.41) is 6.82. The highest BCUT2D eigenvalue weighted by molar-refractivity contribution is 6.33. The van der Waals surface area contributed by atoms with E-state index >= 15 is 0 Å². The zero-order valence-corrected chi connectivity index (χ0v) is 26.2. The average Bonchev–Trinajstić information content (AvgIpc) is 3.03. The van der Waals surface area contributed by atoms with Crippen LogP contribution in [0.25, 0.3) is 0 Å². The van der Waals surface area contributed by atoms with E-state index in [-0.39, 0.29) is 23.7 Å². The monoisotopic (exact) mass is 622 g/mol. The number of halogens is 1. The number of aryl methyl sites for hydroxylation is 1. The van der Waals surface area contributed by atoms with Gasteiger partial charge >= 0.3 is 6.09 Å². The standard InChI is InChI=1S/C33H43ClN6O4/c1-22-18-23(19-26(34)30(22)35)20-28(31(42)39-16-14-38(15-17-39)24-6-10-36-11-7-24)44-32(43)40-12-8-33(9-13-40)21-29(41)37-27-5-3-2-4-25(27)33/h2-5,18-19,24,28,36H,6-17,20-21,35H2,1H3,(H,37,41)/t28-/m1/s1. The fraction of sp³-hybridized carbons (Fsp3) is 0.545. The Kier molecular flexibility index (Phi) is 9.03. The first-order valence-corrected chi connectivity index (χ1v) is 16.2. The molecule has 3 saturated heterocycles. The number of carbonyl (C=O) groups excluding carboxylic acids is 3. The number of piperazine rings is 1. The van der Waals surface area contributed by atoms with Crippen LogP contribution >= 0.6 is 11.6 Å². The Morgan fingerprint density at radius 1 is 1.05 bits per heavy atom. The molecule has 3 amide bonds. The van der Waals surface area contributed by atoms with Crippen molar-refractivity contribution in [1.29, 1.82) is 0 Å². The van der Waals surface area contributed by atoms with E-state index in [4.69, 9.17) is 22.1 Å². The molecule has 1 spiro atoms. The molecule has 10 nitrogen and oxygen atoms in total. The maximum Gasteiger partial charge on any atom is 0.410 e. The van der Waals surface area contributed by atoms with Crippen molar-refractivity contribution in [2.24, 2.45) is 0 Å². The minimum atomic E-state index is -0.982. The maximum atomic E-state index is 14.0. The number of nitrogen functional groups attached to an aromatic ring is 1. The summed E-state index contributed by atoms with van der Waals surface area (Å²) in [4.78, 5) is 46.1. The molecule has 4 heterocycles. The van der Waals surface area contributed by atoms with Crippen LogP contribution in [0, 0.1) is 6.92 Å². The summed E-state index contributed by atoms with van der Waals surface area (Å²) in [6, 6.07) is 12.1. The normalized spacial score (nSPS) is 21.5. The number of nitrogens with zero attached hydrogens (tertiary/aromatic N) is 3. The van der Waals surface area contributed by atoms with Crippen LogP contribution in [0.5, 0.6) is 0 Å². The van der Waals surface area contributed by atoms with Crippen molar-refractivity contribution < 1.29 is 19.1 Å². The lowest BCUT2D eigenvalue weighted by Crippen LogP contribution is -2.56. The number of fused-ring (bicyclic) bond motifs is 2. The van der Waals surface area contributed by atoms with E-state index in [1.165, 1.54) is 0 Å². The van der Waals surface area contributed by atoms with Crippen LogP contribution in [-0.4, -0.2) is 97.1 Å². The first-order valence-electron chi connectivity index (χ1n) is 15.9. The largest absolute Gasteiger partial charge is 0.436 e. The maximum absolute atomic E-state index is 14.0. The van der Waals surface area contributed by atoms with Crippen molar-refractivity contribution in [3.8, 4) is 0 Å². The lowest BCUT2D eigenvalue weighted by molar-refractivity contribution is -0.143. The molecule has 0 aliphatic carbocycles. The highest BCUT2D eigenvalue weighted by Gasteiger charge is 2.44. The van der Waals surface area contributed by atoms with Gasteiger partial charge in [0.15, 0.2) is 6.10 Å².